The Hall–Kier alpha value is -2.53. The number of benzene rings is 2. The van der Waals surface area contributed by atoms with Gasteiger partial charge in [-0.2, -0.15) is 0 Å². The Kier molecular flexibility index (Phi) is 5.47. The Morgan fingerprint density at radius 1 is 1.04 bits per heavy atom. The predicted octanol–water partition coefficient (Wildman–Crippen LogP) is 6.07. The molecule has 0 aliphatic carbocycles. The van der Waals surface area contributed by atoms with E-state index in [0.29, 0.717) is 5.92 Å². The Labute approximate surface area is 157 Å². The summed E-state index contributed by atoms with van der Waals surface area (Å²) in [5, 5.41) is 13.8. The fraction of sp³-hybridized carbons (Fsp3) is 0.286. The second-order valence-electron chi connectivity index (χ2n) is 6.94. The van der Waals surface area contributed by atoms with E-state index >= 15 is 0 Å². The number of thiazole rings is 1. The minimum absolute atomic E-state index is 0.0964. The van der Waals surface area contributed by atoms with Gasteiger partial charge in [-0.25, -0.2) is 4.98 Å². The van der Waals surface area contributed by atoms with Gasteiger partial charge in [0.25, 0.3) is 5.69 Å². The lowest BCUT2D eigenvalue weighted by molar-refractivity contribution is -0.384. The predicted molar refractivity (Wildman–Crippen MR) is 107 cm³/mol. The van der Waals surface area contributed by atoms with Gasteiger partial charge in [-0.1, -0.05) is 45.0 Å². The molecule has 0 saturated carbocycles. The zero-order chi connectivity index (χ0) is 18.7. The first-order valence-electron chi connectivity index (χ1n) is 8.73. The number of rotatable bonds is 6. The SMILES string of the molecule is CC(C)Cc1ccc(C(C)c2nc(-c3ccc([N+](=O)[O-])cc3)cs2)cc1. The van der Waals surface area contributed by atoms with Gasteiger partial charge in [0.15, 0.2) is 0 Å². The Morgan fingerprint density at radius 3 is 2.27 bits per heavy atom. The van der Waals surface area contributed by atoms with Crippen LogP contribution in [0.15, 0.2) is 53.9 Å². The topological polar surface area (TPSA) is 56.0 Å². The van der Waals surface area contributed by atoms with E-state index in [0.717, 1.165) is 22.7 Å². The molecule has 0 aliphatic rings. The zero-order valence-electron chi connectivity index (χ0n) is 15.2. The molecule has 0 N–H and O–H groups in total. The fourth-order valence-corrected chi connectivity index (χ4v) is 3.84. The van der Waals surface area contributed by atoms with Gasteiger partial charge in [-0.15, -0.1) is 11.3 Å². The van der Waals surface area contributed by atoms with Crippen LogP contribution in [0.2, 0.25) is 0 Å². The third-order valence-electron chi connectivity index (χ3n) is 4.39. The summed E-state index contributed by atoms with van der Waals surface area (Å²) in [6, 6.07) is 15.3. The number of nitrogens with zero attached hydrogens (tertiary/aromatic N) is 2. The van der Waals surface area contributed by atoms with E-state index in [9.17, 15) is 10.1 Å². The largest absolute Gasteiger partial charge is 0.269 e. The first-order chi connectivity index (χ1) is 12.4. The normalized spacial score (nSPS) is 12.3. The van der Waals surface area contributed by atoms with Crippen LogP contribution < -0.4 is 0 Å². The van der Waals surface area contributed by atoms with Crippen molar-refractivity contribution in [3.8, 4) is 11.3 Å². The number of non-ortho nitro benzene ring substituents is 1. The van der Waals surface area contributed by atoms with Crippen LogP contribution in [0.25, 0.3) is 11.3 Å². The minimum Gasteiger partial charge on any atom is -0.258 e. The summed E-state index contributed by atoms with van der Waals surface area (Å²) in [6.45, 7) is 6.62. The van der Waals surface area contributed by atoms with Gasteiger partial charge in [0.05, 0.1) is 10.6 Å². The molecule has 3 rings (SSSR count). The molecular weight excluding hydrogens is 344 g/mol. The van der Waals surface area contributed by atoms with Gasteiger partial charge < -0.3 is 0 Å². The van der Waals surface area contributed by atoms with Crippen LogP contribution in [0, 0.1) is 16.0 Å². The number of aromatic nitrogens is 1. The standard InChI is InChI=1S/C21H22N2O2S/c1-14(2)12-16-4-6-17(7-5-16)15(3)21-22-20(13-26-21)18-8-10-19(11-9-18)23(24)25/h4-11,13-15H,12H2,1-3H3. The highest BCUT2D eigenvalue weighted by Gasteiger charge is 2.14. The highest BCUT2D eigenvalue weighted by Crippen LogP contribution is 2.31. The summed E-state index contributed by atoms with van der Waals surface area (Å²) in [4.78, 5) is 15.1. The van der Waals surface area contributed by atoms with Crippen LogP contribution in [0.5, 0.6) is 0 Å². The summed E-state index contributed by atoms with van der Waals surface area (Å²) >= 11 is 1.63. The highest BCUT2D eigenvalue weighted by molar-refractivity contribution is 7.10. The molecule has 2 aromatic carbocycles. The van der Waals surface area contributed by atoms with Gasteiger partial charge in [0.1, 0.15) is 5.01 Å². The molecule has 0 aliphatic heterocycles. The van der Waals surface area contributed by atoms with Crippen LogP contribution in [0.1, 0.15) is 42.8 Å². The van der Waals surface area contributed by atoms with Crippen LogP contribution >= 0.6 is 11.3 Å². The van der Waals surface area contributed by atoms with Gasteiger partial charge in [-0.05, 0) is 35.6 Å². The summed E-state index contributed by atoms with van der Waals surface area (Å²) in [5.41, 5.74) is 4.48. The maximum atomic E-state index is 10.8. The Balaban J connectivity index is 1.77. The first kappa shape index (κ1) is 18.3. The third kappa shape index (κ3) is 4.17. The van der Waals surface area contributed by atoms with E-state index < -0.39 is 0 Å². The lowest BCUT2D eigenvalue weighted by atomic mass is 9.97. The molecule has 0 saturated heterocycles. The minimum atomic E-state index is -0.388. The molecule has 134 valence electrons. The molecule has 1 unspecified atom stereocenters. The molecule has 1 heterocycles. The number of hydrogen-bond acceptors (Lipinski definition) is 4. The number of nitro groups is 1. The smallest absolute Gasteiger partial charge is 0.258 e. The van der Waals surface area contributed by atoms with E-state index in [4.69, 9.17) is 4.98 Å². The molecule has 0 fully saturated rings. The van der Waals surface area contributed by atoms with Crippen molar-refractivity contribution in [2.24, 2.45) is 5.92 Å². The van der Waals surface area contributed by atoms with E-state index in [1.165, 1.54) is 23.3 Å². The molecule has 0 spiro atoms. The van der Waals surface area contributed by atoms with Gasteiger partial charge in [0.2, 0.25) is 0 Å². The van der Waals surface area contributed by atoms with Crippen molar-refractivity contribution in [2.45, 2.75) is 33.1 Å². The maximum absolute atomic E-state index is 10.8. The quantitative estimate of drug-likeness (QED) is 0.393. The van der Waals surface area contributed by atoms with E-state index in [2.05, 4.69) is 45.0 Å². The molecular formula is C21H22N2O2S. The van der Waals surface area contributed by atoms with Crippen LogP contribution in [-0.4, -0.2) is 9.91 Å². The lowest BCUT2D eigenvalue weighted by Crippen LogP contribution is -1.98. The molecule has 0 radical (unpaired) electrons. The van der Waals surface area contributed by atoms with Crippen LogP contribution in [0.3, 0.4) is 0 Å². The van der Waals surface area contributed by atoms with Crippen molar-refractivity contribution >= 4 is 17.0 Å². The van der Waals surface area contributed by atoms with E-state index in [-0.39, 0.29) is 16.5 Å². The Bertz CT molecular complexity index is 883. The third-order valence-corrected chi connectivity index (χ3v) is 5.42. The van der Waals surface area contributed by atoms with Crippen molar-refractivity contribution < 1.29 is 4.92 Å². The Morgan fingerprint density at radius 2 is 1.69 bits per heavy atom. The average Bonchev–Trinajstić information content (AvgIpc) is 3.11. The van der Waals surface area contributed by atoms with Crippen LogP contribution in [0.4, 0.5) is 5.69 Å². The fourth-order valence-electron chi connectivity index (χ4n) is 2.93. The maximum Gasteiger partial charge on any atom is 0.269 e. The monoisotopic (exact) mass is 366 g/mol. The van der Waals surface area contributed by atoms with Crippen molar-refractivity contribution in [1.29, 1.82) is 0 Å². The molecule has 3 aromatic rings. The van der Waals surface area contributed by atoms with Crippen LogP contribution in [-0.2, 0) is 6.42 Å². The summed E-state index contributed by atoms with van der Waals surface area (Å²) in [7, 11) is 0. The highest BCUT2D eigenvalue weighted by atomic mass is 32.1. The molecule has 0 amide bonds. The van der Waals surface area contributed by atoms with Gasteiger partial charge in [-0.3, -0.25) is 10.1 Å². The van der Waals surface area contributed by atoms with Crippen molar-refractivity contribution in [3.63, 3.8) is 0 Å². The molecule has 1 atom stereocenters. The molecule has 1 aromatic heterocycles. The van der Waals surface area contributed by atoms with Gasteiger partial charge >= 0.3 is 0 Å². The van der Waals surface area contributed by atoms with E-state index in [1.54, 1.807) is 23.5 Å². The average molecular weight is 366 g/mol. The van der Waals surface area contributed by atoms with Crippen molar-refractivity contribution in [3.05, 3.63) is 80.2 Å². The number of nitro benzene ring substituents is 1. The molecule has 26 heavy (non-hydrogen) atoms. The zero-order valence-corrected chi connectivity index (χ0v) is 16.0. The second kappa shape index (κ2) is 7.79. The van der Waals surface area contributed by atoms with Crippen molar-refractivity contribution in [2.75, 3.05) is 0 Å². The summed E-state index contributed by atoms with van der Waals surface area (Å²) < 4.78 is 0. The lowest BCUT2D eigenvalue weighted by Gasteiger charge is -2.11. The summed E-state index contributed by atoms with van der Waals surface area (Å²) in [5.74, 6) is 0.876. The molecule has 5 heteroatoms. The molecule has 0 bridgehead atoms. The molecule has 4 nitrogen and oxygen atoms in total. The first-order valence-corrected chi connectivity index (χ1v) is 9.61. The van der Waals surface area contributed by atoms with E-state index in [1.807, 2.05) is 5.38 Å². The second-order valence-corrected chi connectivity index (χ2v) is 7.83. The van der Waals surface area contributed by atoms with Crippen molar-refractivity contribution in [1.82, 2.24) is 4.98 Å². The van der Waals surface area contributed by atoms with Gasteiger partial charge in [0, 0.05) is 29.0 Å². The number of hydrogen-bond donors (Lipinski definition) is 0. The summed E-state index contributed by atoms with van der Waals surface area (Å²) in [6.07, 6.45) is 1.09.